The molecule has 51 heavy (non-hydrogen) atoms. The van der Waals surface area contributed by atoms with E-state index in [4.69, 9.17) is 0 Å². The number of anilines is 6. The van der Waals surface area contributed by atoms with E-state index < -0.39 is 0 Å². The predicted octanol–water partition coefficient (Wildman–Crippen LogP) is 14.8. The average molecular weight is 689 g/mol. The van der Waals surface area contributed by atoms with Crippen LogP contribution >= 0.6 is 22.7 Å². The Labute approximate surface area is 304 Å². The van der Waals surface area contributed by atoms with Crippen molar-refractivity contribution in [2.75, 3.05) is 9.80 Å². The van der Waals surface area contributed by atoms with Crippen LogP contribution in [-0.2, 0) is 0 Å². The summed E-state index contributed by atoms with van der Waals surface area (Å²) in [4.78, 5) is 4.80. The lowest BCUT2D eigenvalue weighted by molar-refractivity contribution is 1.30. The van der Waals surface area contributed by atoms with Crippen molar-refractivity contribution in [3.8, 4) is 0 Å². The summed E-state index contributed by atoms with van der Waals surface area (Å²) in [5, 5.41) is 7.74. The zero-order chi connectivity index (χ0) is 33.9. The number of benzene rings is 8. The van der Waals surface area contributed by atoms with Crippen LogP contribution in [0.2, 0.25) is 0 Å². The molecule has 0 fully saturated rings. The zero-order valence-corrected chi connectivity index (χ0v) is 29.6. The molecule has 0 atom stereocenters. The van der Waals surface area contributed by atoms with E-state index in [0.717, 1.165) is 28.4 Å². The van der Waals surface area contributed by atoms with E-state index in [-0.39, 0.29) is 0 Å². The number of hydrogen-bond acceptors (Lipinski definition) is 4. The highest BCUT2D eigenvalue weighted by molar-refractivity contribution is 7.26. The van der Waals surface area contributed by atoms with E-state index in [1.807, 2.05) is 22.7 Å². The molecule has 0 N–H and O–H groups in total. The molecule has 2 heterocycles. The molecular weight excluding hydrogens is 657 g/mol. The highest BCUT2D eigenvalue weighted by atomic mass is 32.1. The van der Waals surface area contributed by atoms with Crippen molar-refractivity contribution in [3.05, 3.63) is 181 Å². The number of rotatable bonds is 6. The minimum atomic E-state index is 1.14. The van der Waals surface area contributed by atoms with Gasteiger partial charge in [0.05, 0.1) is 5.69 Å². The maximum atomic E-state index is 2.41. The van der Waals surface area contributed by atoms with Crippen LogP contribution in [0.15, 0.2) is 176 Å². The van der Waals surface area contributed by atoms with Gasteiger partial charge in [-0.15, -0.1) is 22.7 Å². The topological polar surface area (TPSA) is 6.48 Å². The zero-order valence-electron chi connectivity index (χ0n) is 28.0. The standard InChI is InChI=1S/C47H32N2S2/c1-31-14-13-23-44-46(31)39-28-35(24-26-42(39)50-44)48(32-15-5-2-6-16-32)36-25-27-43-40(29-36)47-38-22-12-11-21-37(38)41(30-45(47)51-43)49(33-17-7-3-8-18-33)34-19-9-4-10-20-34/h2-30H,1H3. The van der Waals surface area contributed by atoms with Gasteiger partial charge in [-0.05, 0) is 103 Å². The first-order chi connectivity index (χ1) is 25.2. The fourth-order valence-corrected chi connectivity index (χ4v) is 9.97. The summed E-state index contributed by atoms with van der Waals surface area (Å²) < 4.78 is 5.21. The molecule has 0 aliphatic heterocycles. The second-order valence-electron chi connectivity index (χ2n) is 13.0. The van der Waals surface area contributed by atoms with Crippen molar-refractivity contribution in [1.82, 2.24) is 0 Å². The van der Waals surface area contributed by atoms with Gasteiger partial charge in [-0.3, -0.25) is 0 Å². The van der Waals surface area contributed by atoms with E-state index in [1.165, 1.54) is 62.4 Å². The number of aryl methyl sites for hydroxylation is 1. The molecule has 10 aromatic rings. The molecule has 8 aromatic carbocycles. The molecule has 0 radical (unpaired) electrons. The minimum Gasteiger partial charge on any atom is -0.310 e. The normalized spacial score (nSPS) is 11.6. The van der Waals surface area contributed by atoms with Gasteiger partial charge in [-0.2, -0.15) is 0 Å². The van der Waals surface area contributed by atoms with Gasteiger partial charge in [0.2, 0.25) is 0 Å². The molecule has 4 heteroatoms. The van der Waals surface area contributed by atoms with Crippen LogP contribution in [0.5, 0.6) is 0 Å². The molecule has 0 aliphatic carbocycles. The second kappa shape index (κ2) is 12.1. The molecule has 242 valence electrons. The molecule has 0 bridgehead atoms. The lowest BCUT2D eigenvalue weighted by atomic mass is 10.0. The van der Waals surface area contributed by atoms with Crippen LogP contribution in [0.3, 0.4) is 0 Å². The van der Waals surface area contributed by atoms with Crippen molar-refractivity contribution < 1.29 is 0 Å². The maximum Gasteiger partial charge on any atom is 0.0554 e. The molecule has 0 amide bonds. The summed E-state index contributed by atoms with van der Waals surface area (Å²) in [7, 11) is 0. The first-order valence-corrected chi connectivity index (χ1v) is 18.9. The molecule has 2 nitrogen and oxygen atoms in total. The lowest BCUT2D eigenvalue weighted by Gasteiger charge is -2.27. The molecule has 0 aliphatic rings. The van der Waals surface area contributed by atoms with Crippen molar-refractivity contribution in [3.63, 3.8) is 0 Å². The Balaban J connectivity index is 1.20. The second-order valence-corrected chi connectivity index (χ2v) is 15.2. The third-order valence-electron chi connectivity index (χ3n) is 9.93. The Kier molecular flexibility index (Phi) is 7.12. The first-order valence-electron chi connectivity index (χ1n) is 17.3. The van der Waals surface area contributed by atoms with Gasteiger partial charge in [-0.25, -0.2) is 0 Å². The smallest absolute Gasteiger partial charge is 0.0554 e. The van der Waals surface area contributed by atoms with Crippen LogP contribution in [0.1, 0.15) is 5.56 Å². The summed E-state index contributed by atoms with van der Waals surface area (Å²) in [6.07, 6.45) is 0. The van der Waals surface area contributed by atoms with E-state index in [1.54, 1.807) is 0 Å². The van der Waals surface area contributed by atoms with E-state index >= 15 is 0 Å². The van der Waals surface area contributed by atoms with Gasteiger partial charge in [0, 0.05) is 74.2 Å². The van der Waals surface area contributed by atoms with Gasteiger partial charge in [0.25, 0.3) is 0 Å². The quantitative estimate of drug-likeness (QED) is 0.172. The van der Waals surface area contributed by atoms with E-state index in [9.17, 15) is 0 Å². The Morgan fingerprint density at radius 1 is 0.333 bits per heavy atom. The Bertz CT molecular complexity index is 2830. The summed E-state index contributed by atoms with van der Waals surface area (Å²) >= 11 is 3.75. The number of nitrogens with zero attached hydrogens (tertiary/aromatic N) is 2. The van der Waals surface area contributed by atoms with Crippen LogP contribution in [0.25, 0.3) is 51.1 Å². The summed E-state index contributed by atoms with van der Waals surface area (Å²) in [6.45, 7) is 2.22. The van der Waals surface area contributed by atoms with Gasteiger partial charge < -0.3 is 9.80 Å². The number of para-hydroxylation sites is 3. The fraction of sp³-hybridized carbons (Fsp3) is 0.0213. The summed E-state index contributed by atoms with van der Waals surface area (Å²) in [6, 6.07) is 64.1. The van der Waals surface area contributed by atoms with Crippen LogP contribution in [0.4, 0.5) is 34.1 Å². The molecule has 0 saturated heterocycles. The predicted molar refractivity (Wildman–Crippen MR) is 224 cm³/mol. The number of fused-ring (bicyclic) bond motifs is 8. The molecule has 0 saturated carbocycles. The Morgan fingerprint density at radius 2 is 0.843 bits per heavy atom. The fourth-order valence-electron chi connectivity index (χ4n) is 7.67. The average Bonchev–Trinajstić information content (AvgIpc) is 3.75. The highest BCUT2D eigenvalue weighted by Gasteiger charge is 2.21. The maximum absolute atomic E-state index is 2.41. The van der Waals surface area contributed by atoms with E-state index in [0.29, 0.717) is 0 Å². The van der Waals surface area contributed by atoms with Crippen molar-refractivity contribution in [2.24, 2.45) is 0 Å². The third-order valence-corrected chi connectivity index (χ3v) is 12.2. The monoisotopic (exact) mass is 688 g/mol. The number of hydrogen-bond donors (Lipinski definition) is 0. The van der Waals surface area contributed by atoms with Gasteiger partial charge in [0.15, 0.2) is 0 Å². The molecule has 0 spiro atoms. The van der Waals surface area contributed by atoms with Gasteiger partial charge in [-0.1, -0.05) is 91.0 Å². The van der Waals surface area contributed by atoms with Gasteiger partial charge in [0.1, 0.15) is 0 Å². The van der Waals surface area contributed by atoms with Crippen molar-refractivity contribution in [1.29, 1.82) is 0 Å². The largest absolute Gasteiger partial charge is 0.310 e. The van der Waals surface area contributed by atoms with E-state index in [2.05, 4.69) is 193 Å². The minimum absolute atomic E-state index is 1.14. The summed E-state index contributed by atoms with van der Waals surface area (Å²) in [5.41, 5.74) is 8.22. The Hall–Kier alpha value is -5.94. The van der Waals surface area contributed by atoms with Crippen molar-refractivity contribution >= 4 is 108 Å². The lowest BCUT2D eigenvalue weighted by Crippen LogP contribution is -2.10. The van der Waals surface area contributed by atoms with Crippen LogP contribution < -0.4 is 9.80 Å². The Morgan fingerprint density at radius 3 is 1.45 bits per heavy atom. The highest BCUT2D eigenvalue weighted by Crippen LogP contribution is 2.48. The van der Waals surface area contributed by atoms with Crippen molar-refractivity contribution in [2.45, 2.75) is 6.92 Å². The van der Waals surface area contributed by atoms with Crippen LogP contribution in [-0.4, -0.2) is 0 Å². The third kappa shape index (κ3) is 4.98. The molecular formula is C47H32N2S2. The molecule has 2 aromatic heterocycles. The molecule has 10 rings (SSSR count). The summed E-state index contributed by atoms with van der Waals surface area (Å²) in [5.74, 6) is 0. The van der Waals surface area contributed by atoms with Crippen LogP contribution in [0, 0.1) is 6.92 Å². The SMILES string of the molecule is Cc1cccc2sc3ccc(N(c4ccccc4)c4ccc5sc6cc(N(c7ccccc7)c7ccccc7)c7ccccc7c6c5c4)cc3c12. The number of thiophene rings is 2. The van der Waals surface area contributed by atoms with Gasteiger partial charge >= 0.3 is 0 Å². The first kappa shape index (κ1) is 29.9. The molecule has 0 unspecified atom stereocenters.